The van der Waals surface area contributed by atoms with Crippen molar-refractivity contribution in [1.82, 2.24) is 15.2 Å². The smallest absolute Gasteiger partial charge is 0.251 e. The fraction of sp³-hybridized carbons (Fsp3) is 0.280. The van der Waals surface area contributed by atoms with Gasteiger partial charge in [0.25, 0.3) is 5.91 Å². The molecule has 6 nitrogen and oxygen atoms in total. The standard InChI is InChI=1S/C25H25ClN4O2/c1-17-2-3-19(25(31)28-8-9-30-10-12-32-13-11-30)14-18(17)5-7-22-23-15-21(26)6-4-20(23)16-29-24(22)27/h2-4,6,14-16H,8-13H2,1H3,(H2,27,29)(H,28,31). The zero-order valence-corrected chi connectivity index (χ0v) is 18.7. The summed E-state index contributed by atoms with van der Waals surface area (Å²) in [6.07, 6.45) is 1.71. The van der Waals surface area contributed by atoms with E-state index in [-0.39, 0.29) is 5.91 Å². The van der Waals surface area contributed by atoms with Crippen LogP contribution in [-0.4, -0.2) is 55.2 Å². The first kappa shape index (κ1) is 22.1. The highest BCUT2D eigenvalue weighted by molar-refractivity contribution is 6.31. The first-order valence-electron chi connectivity index (χ1n) is 10.6. The molecule has 2 heterocycles. The molecule has 0 unspecified atom stereocenters. The molecule has 1 fully saturated rings. The number of nitrogens with one attached hydrogen (secondary N) is 1. The molecule has 1 amide bonds. The van der Waals surface area contributed by atoms with Gasteiger partial charge in [-0.25, -0.2) is 4.98 Å². The number of halogens is 1. The minimum atomic E-state index is -0.112. The van der Waals surface area contributed by atoms with Crippen LogP contribution in [0.15, 0.2) is 42.6 Å². The molecule has 3 N–H and O–H groups in total. The minimum absolute atomic E-state index is 0.112. The highest BCUT2D eigenvalue weighted by atomic mass is 35.5. The van der Waals surface area contributed by atoms with Crippen molar-refractivity contribution in [1.29, 1.82) is 0 Å². The van der Waals surface area contributed by atoms with Gasteiger partial charge in [-0.05, 0) is 36.8 Å². The molecule has 1 aromatic heterocycles. The van der Waals surface area contributed by atoms with Crippen molar-refractivity contribution >= 4 is 34.1 Å². The van der Waals surface area contributed by atoms with E-state index in [2.05, 4.69) is 27.0 Å². The summed E-state index contributed by atoms with van der Waals surface area (Å²) in [4.78, 5) is 19.2. The number of ether oxygens (including phenoxy) is 1. The van der Waals surface area contributed by atoms with Crippen LogP contribution in [0.2, 0.25) is 5.02 Å². The van der Waals surface area contributed by atoms with Gasteiger partial charge in [-0.2, -0.15) is 0 Å². The topological polar surface area (TPSA) is 80.5 Å². The Labute approximate surface area is 192 Å². The van der Waals surface area contributed by atoms with Gasteiger partial charge >= 0.3 is 0 Å². The van der Waals surface area contributed by atoms with Gasteiger partial charge in [-0.1, -0.05) is 35.6 Å². The van der Waals surface area contributed by atoms with Crippen LogP contribution in [0.4, 0.5) is 5.82 Å². The van der Waals surface area contributed by atoms with Gasteiger partial charge in [0.05, 0.1) is 18.8 Å². The SMILES string of the molecule is Cc1ccc(C(=O)NCCN2CCOCC2)cc1C#Cc1c(N)ncc2ccc(Cl)cc12. The van der Waals surface area contributed by atoms with Crippen LogP contribution in [0.5, 0.6) is 0 Å². The van der Waals surface area contributed by atoms with Crippen LogP contribution < -0.4 is 11.1 Å². The summed E-state index contributed by atoms with van der Waals surface area (Å²) in [5, 5.41) is 5.37. The number of nitrogen functional groups attached to an aromatic ring is 1. The highest BCUT2D eigenvalue weighted by Crippen LogP contribution is 2.25. The first-order valence-corrected chi connectivity index (χ1v) is 10.9. The van der Waals surface area contributed by atoms with E-state index in [1.165, 1.54) is 0 Å². The second-order valence-corrected chi connectivity index (χ2v) is 8.18. The molecule has 4 rings (SSSR count). The number of nitrogens with zero attached hydrogens (tertiary/aromatic N) is 2. The number of rotatable bonds is 4. The van der Waals surface area contributed by atoms with E-state index < -0.39 is 0 Å². The molecule has 0 aliphatic carbocycles. The number of nitrogens with two attached hydrogens (primary N) is 1. The van der Waals surface area contributed by atoms with Gasteiger partial charge in [0, 0.05) is 59.3 Å². The molecule has 2 aromatic carbocycles. The summed E-state index contributed by atoms with van der Waals surface area (Å²) in [6.45, 7) is 6.66. The summed E-state index contributed by atoms with van der Waals surface area (Å²) in [6, 6.07) is 11.1. The molecule has 7 heteroatoms. The Bertz CT molecular complexity index is 1200. The number of carbonyl (C=O) groups excluding carboxylic acids is 1. The third-order valence-corrected chi connectivity index (χ3v) is 5.76. The number of aryl methyl sites for hydroxylation is 1. The lowest BCUT2D eigenvalue weighted by Crippen LogP contribution is -2.41. The van der Waals surface area contributed by atoms with Gasteiger partial charge in [-0.3, -0.25) is 9.69 Å². The molecule has 1 aliphatic heterocycles. The maximum absolute atomic E-state index is 12.6. The quantitative estimate of drug-likeness (QED) is 0.599. The average molecular weight is 449 g/mol. The number of carbonyl (C=O) groups is 1. The predicted octanol–water partition coefficient (Wildman–Crippen LogP) is 3.24. The lowest BCUT2D eigenvalue weighted by atomic mass is 10.0. The zero-order valence-electron chi connectivity index (χ0n) is 18.0. The molecule has 1 aliphatic rings. The number of fused-ring (bicyclic) bond motifs is 1. The number of anilines is 1. The number of amides is 1. The molecule has 0 radical (unpaired) electrons. The minimum Gasteiger partial charge on any atom is -0.383 e. The second-order valence-electron chi connectivity index (χ2n) is 7.74. The van der Waals surface area contributed by atoms with Gasteiger partial charge in [0.1, 0.15) is 5.82 Å². The van der Waals surface area contributed by atoms with E-state index in [0.29, 0.717) is 28.5 Å². The van der Waals surface area contributed by atoms with E-state index in [4.69, 9.17) is 22.1 Å². The number of pyridine rings is 1. The van der Waals surface area contributed by atoms with E-state index in [1.807, 2.05) is 43.3 Å². The normalized spacial score (nSPS) is 14.1. The van der Waals surface area contributed by atoms with Crippen molar-refractivity contribution in [3.63, 3.8) is 0 Å². The molecule has 32 heavy (non-hydrogen) atoms. The summed E-state index contributed by atoms with van der Waals surface area (Å²) >= 11 is 6.17. The zero-order chi connectivity index (χ0) is 22.5. The second kappa shape index (κ2) is 10.0. The lowest BCUT2D eigenvalue weighted by molar-refractivity contribution is 0.0383. The van der Waals surface area contributed by atoms with Gasteiger partial charge < -0.3 is 15.8 Å². The fourth-order valence-electron chi connectivity index (χ4n) is 3.61. The Hall–Kier alpha value is -3.11. The van der Waals surface area contributed by atoms with E-state index in [0.717, 1.165) is 54.7 Å². The van der Waals surface area contributed by atoms with Crippen molar-refractivity contribution in [2.24, 2.45) is 0 Å². The fourth-order valence-corrected chi connectivity index (χ4v) is 3.78. The van der Waals surface area contributed by atoms with Crippen molar-refractivity contribution in [2.75, 3.05) is 45.1 Å². The Morgan fingerprint density at radius 2 is 2.03 bits per heavy atom. The van der Waals surface area contributed by atoms with Gasteiger partial charge in [0.2, 0.25) is 0 Å². The van der Waals surface area contributed by atoms with Crippen LogP contribution in [-0.2, 0) is 4.74 Å². The number of hydrogen-bond acceptors (Lipinski definition) is 5. The first-order chi connectivity index (χ1) is 15.5. The third kappa shape index (κ3) is 5.20. The van der Waals surface area contributed by atoms with E-state index in [1.54, 1.807) is 6.20 Å². The number of morpholine rings is 1. The largest absolute Gasteiger partial charge is 0.383 e. The Kier molecular flexibility index (Phi) is 6.91. The van der Waals surface area contributed by atoms with Crippen molar-refractivity contribution in [3.05, 3.63) is 69.9 Å². The van der Waals surface area contributed by atoms with E-state index in [9.17, 15) is 4.79 Å². The van der Waals surface area contributed by atoms with Gasteiger partial charge in [-0.15, -0.1) is 0 Å². The maximum atomic E-state index is 12.6. The van der Waals surface area contributed by atoms with Crippen molar-refractivity contribution < 1.29 is 9.53 Å². The van der Waals surface area contributed by atoms with E-state index >= 15 is 0 Å². The average Bonchev–Trinajstić information content (AvgIpc) is 2.80. The summed E-state index contributed by atoms with van der Waals surface area (Å²) in [5.74, 6) is 6.55. The summed E-state index contributed by atoms with van der Waals surface area (Å²) in [7, 11) is 0. The number of benzene rings is 2. The Balaban J connectivity index is 1.52. The molecular formula is C25H25ClN4O2. The predicted molar refractivity (Wildman–Crippen MR) is 128 cm³/mol. The third-order valence-electron chi connectivity index (χ3n) is 5.52. The van der Waals surface area contributed by atoms with Gasteiger partial charge in [0.15, 0.2) is 0 Å². The number of aromatic nitrogens is 1. The molecule has 164 valence electrons. The Morgan fingerprint density at radius 3 is 2.84 bits per heavy atom. The van der Waals surface area contributed by atoms with Crippen LogP contribution in [0.3, 0.4) is 0 Å². The molecule has 0 spiro atoms. The van der Waals surface area contributed by atoms with Crippen molar-refractivity contribution in [2.45, 2.75) is 6.92 Å². The summed E-state index contributed by atoms with van der Waals surface area (Å²) < 4.78 is 5.35. The highest BCUT2D eigenvalue weighted by Gasteiger charge is 2.12. The Morgan fingerprint density at radius 1 is 1.22 bits per heavy atom. The van der Waals surface area contributed by atoms with Crippen LogP contribution in [0.1, 0.15) is 27.0 Å². The molecular weight excluding hydrogens is 424 g/mol. The van der Waals surface area contributed by atoms with Crippen molar-refractivity contribution in [3.8, 4) is 11.8 Å². The van der Waals surface area contributed by atoms with Crippen LogP contribution in [0, 0.1) is 18.8 Å². The molecule has 0 saturated carbocycles. The van der Waals surface area contributed by atoms with Crippen LogP contribution in [0.25, 0.3) is 10.8 Å². The summed E-state index contributed by atoms with van der Waals surface area (Å²) in [5.41, 5.74) is 9.05. The monoisotopic (exact) mass is 448 g/mol. The lowest BCUT2D eigenvalue weighted by Gasteiger charge is -2.26. The number of hydrogen-bond donors (Lipinski definition) is 2. The molecule has 0 bridgehead atoms. The molecule has 3 aromatic rings. The molecule has 1 saturated heterocycles. The van der Waals surface area contributed by atoms with Crippen LogP contribution >= 0.6 is 11.6 Å². The maximum Gasteiger partial charge on any atom is 0.251 e. The molecule has 0 atom stereocenters.